The van der Waals surface area contributed by atoms with E-state index in [1.165, 1.54) is 6.33 Å². The minimum atomic E-state index is -0.424. The van der Waals surface area contributed by atoms with Crippen LogP contribution in [0.25, 0.3) is 11.3 Å². The molecule has 0 unspecified atom stereocenters. The average Bonchev–Trinajstić information content (AvgIpc) is 2.81. The number of thiocarbonyl (C=S) groups is 1. The zero-order valence-corrected chi connectivity index (χ0v) is 17.5. The fraction of sp³-hybridized carbons (Fsp3) is 0. The van der Waals surface area contributed by atoms with Gasteiger partial charge in [-0.1, -0.05) is 42.5 Å². The van der Waals surface area contributed by atoms with E-state index in [1.807, 2.05) is 30.3 Å². The maximum Gasteiger partial charge on any atom is 0.324 e. The number of ether oxygens (including phenoxy) is 1. The largest absolute Gasteiger partial charge is 0.457 e. The minimum absolute atomic E-state index is 0.195. The number of carbonyl (C=O) groups excluding carboxylic acids is 1. The van der Waals surface area contributed by atoms with E-state index < -0.39 is 6.03 Å². The molecule has 2 aromatic heterocycles. The van der Waals surface area contributed by atoms with Crippen molar-refractivity contribution in [3.05, 3.63) is 91.0 Å². The van der Waals surface area contributed by atoms with Crippen LogP contribution in [0.2, 0.25) is 0 Å². The molecule has 158 valence electrons. The number of rotatable bonds is 6. The number of hydrogen-bond acceptors (Lipinski definition) is 6. The second-order valence-corrected chi connectivity index (χ2v) is 7.04. The van der Waals surface area contributed by atoms with E-state index >= 15 is 0 Å². The van der Waals surface area contributed by atoms with E-state index in [-0.39, 0.29) is 4.99 Å². The van der Waals surface area contributed by atoms with Crippen molar-refractivity contribution in [2.45, 2.75) is 0 Å². The number of nitrogens with one attached hydrogen (secondary N) is 2. The van der Waals surface area contributed by atoms with Gasteiger partial charge in [-0.3, -0.25) is 10.3 Å². The van der Waals surface area contributed by atoms with Crippen LogP contribution in [0.3, 0.4) is 0 Å². The van der Waals surface area contributed by atoms with Gasteiger partial charge >= 0.3 is 6.03 Å². The first kappa shape index (κ1) is 20.9. The third-order valence-corrected chi connectivity index (χ3v) is 4.52. The summed E-state index contributed by atoms with van der Waals surface area (Å²) in [6.45, 7) is 0. The van der Waals surface area contributed by atoms with Crippen molar-refractivity contribution in [1.82, 2.24) is 15.0 Å². The van der Waals surface area contributed by atoms with Crippen LogP contribution in [0.15, 0.2) is 85.3 Å². The molecule has 2 amide bonds. The van der Waals surface area contributed by atoms with Crippen LogP contribution in [-0.2, 0) is 0 Å². The van der Waals surface area contributed by atoms with E-state index in [0.717, 1.165) is 5.56 Å². The smallest absolute Gasteiger partial charge is 0.324 e. The highest BCUT2D eigenvalue weighted by molar-refractivity contribution is 7.80. The van der Waals surface area contributed by atoms with Crippen LogP contribution >= 0.6 is 12.2 Å². The van der Waals surface area contributed by atoms with E-state index in [1.54, 1.807) is 48.7 Å². The molecule has 4 N–H and O–H groups in total. The number of urea groups is 1. The first-order valence-electron chi connectivity index (χ1n) is 9.56. The number of benzene rings is 2. The molecular weight excluding hydrogens is 424 g/mol. The molecule has 0 spiro atoms. The summed E-state index contributed by atoms with van der Waals surface area (Å²) in [7, 11) is 0. The van der Waals surface area contributed by atoms with Crippen molar-refractivity contribution < 1.29 is 9.53 Å². The van der Waals surface area contributed by atoms with Gasteiger partial charge in [0.25, 0.3) is 0 Å². The quantitative estimate of drug-likeness (QED) is 0.374. The Balaban J connectivity index is 1.37. The molecular formula is C23H18N6O2S. The molecule has 0 aliphatic carbocycles. The van der Waals surface area contributed by atoms with Crippen LogP contribution < -0.4 is 21.1 Å². The number of amides is 2. The second kappa shape index (κ2) is 9.63. The van der Waals surface area contributed by atoms with Crippen LogP contribution in [0.4, 0.5) is 16.3 Å². The van der Waals surface area contributed by atoms with Gasteiger partial charge in [0.15, 0.2) is 0 Å². The maximum absolute atomic E-state index is 12.4. The van der Waals surface area contributed by atoms with Crippen molar-refractivity contribution >= 4 is 34.7 Å². The summed E-state index contributed by atoms with van der Waals surface area (Å²) in [6, 6.07) is 21.2. The van der Waals surface area contributed by atoms with Crippen molar-refractivity contribution in [3.63, 3.8) is 0 Å². The maximum atomic E-state index is 12.4. The van der Waals surface area contributed by atoms with Gasteiger partial charge in [0, 0.05) is 29.6 Å². The molecule has 9 heteroatoms. The number of carbonyl (C=O) groups is 1. The van der Waals surface area contributed by atoms with Crippen molar-refractivity contribution in [3.8, 4) is 22.8 Å². The molecule has 2 heterocycles. The van der Waals surface area contributed by atoms with E-state index in [0.29, 0.717) is 34.4 Å². The van der Waals surface area contributed by atoms with Gasteiger partial charge in [0.2, 0.25) is 0 Å². The summed E-state index contributed by atoms with van der Waals surface area (Å²) < 4.78 is 5.78. The molecule has 0 saturated heterocycles. The standard InChI is InChI=1S/C23H18N6O2S/c24-22(32)20-12-18(10-11-25-20)31-17-8-6-16(7-9-17)28-23(30)29-21-13-19(26-14-27-21)15-4-2-1-3-5-15/h1-14H,(H2,24,32)(H2,26,27,28,29,30). The first-order valence-corrected chi connectivity index (χ1v) is 9.97. The van der Waals surface area contributed by atoms with Gasteiger partial charge in [0.1, 0.15) is 34.3 Å². The topological polar surface area (TPSA) is 115 Å². The van der Waals surface area contributed by atoms with Crippen LogP contribution in [0.1, 0.15) is 5.69 Å². The minimum Gasteiger partial charge on any atom is -0.457 e. The van der Waals surface area contributed by atoms with E-state index in [9.17, 15) is 4.79 Å². The summed E-state index contributed by atoms with van der Waals surface area (Å²) in [4.78, 5) is 25.0. The average molecular weight is 443 g/mol. The zero-order chi connectivity index (χ0) is 22.3. The molecule has 0 aliphatic heterocycles. The third kappa shape index (κ3) is 5.41. The fourth-order valence-electron chi connectivity index (χ4n) is 2.82. The summed E-state index contributed by atoms with van der Waals surface area (Å²) >= 11 is 4.93. The number of hydrogen-bond donors (Lipinski definition) is 3. The number of nitrogens with two attached hydrogens (primary N) is 1. The van der Waals surface area contributed by atoms with E-state index in [4.69, 9.17) is 22.7 Å². The van der Waals surface area contributed by atoms with Crippen molar-refractivity contribution in [1.29, 1.82) is 0 Å². The molecule has 4 rings (SSSR count). The summed E-state index contributed by atoms with van der Waals surface area (Å²) in [5.74, 6) is 1.53. The molecule has 4 aromatic rings. The monoisotopic (exact) mass is 442 g/mol. The predicted molar refractivity (Wildman–Crippen MR) is 127 cm³/mol. The molecule has 32 heavy (non-hydrogen) atoms. The molecule has 0 bridgehead atoms. The SMILES string of the molecule is NC(=S)c1cc(Oc2ccc(NC(=O)Nc3cc(-c4ccccc4)ncn3)cc2)ccn1. The molecule has 0 aliphatic rings. The van der Waals surface area contributed by atoms with Crippen LogP contribution in [0, 0.1) is 0 Å². The van der Waals surface area contributed by atoms with Gasteiger partial charge in [-0.05, 0) is 30.3 Å². The first-order chi connectivity index (χ1) is 15.6. The molecule has 0 radical (unpaired) electrons. The molecule has 0 atom stereocenters. The van der Waals surface area contributed by atoms with Gasteiger partial charge < -0.3 is 15.8 Å². The van der Waals surface area contributed by atoms with Crippen LogP contribution in [-0.4, -0.2) is 26.0 Å². The fourth-order valence-corrected chi connectivity index (χ4v) is 2.93. The van der Waals surface area contributed by atoms with Crippen molar-refractivity contribution in [2.75, 3.05) is 10.6 Å². The highest BCUT2D eigenvalue weighted by Crippen LogP contribution is 2.23. The van der Waals surface area contributed by atoms with Gasteiger partial charge in [-0.15, -0.1) is 0 Å². The number of anilines is 2. The Morgan fingerprint density at radius 1 is 0.875 bits per heavy atom. The number of nitrogens with zero attached hydrogens (tertiary/aromatic N) is 3. The third-order valence-electron chi connectivity index (χ3n) is 4.31. The molecule has 2 aromatic carbocycles. The molecule has 8 nitrogen and oxygen atoms in total. The molecule has 0 saturated carbocycles. The second-order valence-electron chi connectivity index (χ2n) is 6.60. The Morgan fingerprint density at radius 3 is 2.41 bits per heavy atom. The summed E-state index contributed by atoms with van der Waals surface area (Å²) in [5, 5.41) is 5.46. The van der Waals surface area contributed by atoms with Crippen molar-refractivity contribution in [2.24, 2.45) is 5.73 Å². The Morgan fingerprint density at radius 2 is 1.66 bits per heavy atom. The normalized spacial score (nSPS) is 10.2. The highest BCUT2D eigenvalue weighted by Gasteiger charge is 2.07. The zero-order valence-electron chi connectivity index (χ0n) is 16.7. The molecule has 0 fully saturated rings. The number of pyridine rings is 1. The van der Waals surface area contributed by atoms with Gasteiger partial charge in [0.05, 0.1) is 5.69 Å². The Labute approximate surface area is 189 Å². The Bertz CT molecular complexity index is 1250. The van der Waals surface area contributed by atoms with Gasteiger partial charge in [-0.2, -0.15) is 0 Å². The number of aromatic nitrogens is 3. The van der Waals surface area contributed by atoms with E-state index in [2.05, 4.69) is 25.6 Å². The summed E-state index contributed by atoms with van der Waals surface area (Å²) in [6.07, 6.45) is 2.98. The Kier molecular flexibility index (Phi) is 6.28. The Hall–Kier alpha value is -4.37. The lowest BCUT2D eigenvalue weighted by Gasteiger charge is -2.10. The van der Waals surface area contributed by atoms with Gasteiger partial charge in [-0.25, -0.2) is 14.8 Å². The highest BCUT2D eigenvalue weighted by atomic mass is 32.1. The van der Waals surface area contributed by atoms with Crippen LogP contribution in [0.5, 0.6) is 11.5 Å². The predicted octanol–water partition coefficient (Wildman–Crippen LogP) is 4.61. The lowest BCUT2D eigenvalue weighted by molar-refractivity contribution is 0.262. The lowest BCUT2D eigenvalue weighted by atomic mass is 10.1. The summed E-state index contributed by atoms with van der Waals surface area (Å²) in [5.41, 5.74) is 8.31. The lowest BCUT2D eigenvalue weighted by Crippen LogP contribution is -2.20.